The van der Waals surface area contributed by atoms with Crippen molar-refractivity contribution in [3.63, 3.8) is 0 Å². The van der Waals surface area contributed by atoms with Crippen LogP contribution in [-0.4, -0.2) is 54.7 Å². The SMILES string of the molecule is C=CC=O.O=CC1CC2C=CC1O2.O=CC1CC2C=CC1O2.[CH3-].[Cl][Al]([Cl])[Cl].[HH].[Pd].c1ccoc1. The van der Waals surface area contributed by atoms with Gasteiger partial charge in [-0.2, -0.15) is 0 Å². The molecule has 5 heterocycles. The molecule has 6 unspecified atom stereocenters. The third-order valence-corrected chi connectivity index (χ3v) is 4.42. The Bertz CT molecular complexity index is 660. The average Bonchev–Trinajstić information content (AvgIpc) is 3.61. The Morgan fingerprint density at radius 3 is 1.33 bits per heavy atom. The standard InChI is InChI=1S/2C7H8O2.C4H4O.C3H4O.CH3.Al.3ClH.Pd.H2/c2*8-4-5-3-6-1-2-7(5)9-6;1-2-4-5-3-1;1-2-3-4;;;;;;;/h2*1-2,4-7H,3H2;1-4H;2-3H,1H2;1H3;;3*1H;;1H/q;;;;-1;+3;;;;;/p-3. The van der Waals surface area contributed by atoms with E-state index in [1.165, 1.54) is 6.08 Å². The molecule has 1 aromatic heterocycles. The third-order valence-electron chi connectivity index (χ3n) is 4.42. The topological polar surface area (TPSA) is 82.8 Å². The largest absolute Gasteiger partial charge is 0.643 e. The van der Waals surface area contributed by atoms with E-state index < -0.39 is 11.4 Å². The minimum atomic E-state index is -1.72. The average molecular weight is 629 g/mol. The van der Waals surface area contributed by atoms with E-state index in [9.17, 15) is 9.59 Å². The van der Waals surface area contributed by atoms with Crippen molar-refractivity contribution in [1.29, 1.82) is 0 Å². The van der Waals surface area contributed by atoms with Gasteiger partial charge in [0.25, 0.3) is 0 Å². The van der Waals surface area contributed by atoms with E-state index in [0.29, 0.717) is 6.29 Å². The minimum Gasteiger partial charge on any atom is -0.473 e. The first kappa shape index (κ1) is 34.7. The zero-order valence-electron chi connectivity index (χ0n) is 18.0. The van der Waals surface area contributed by atoms with E-state index in [1.807, 2.05) is 36.4 Å². The first-order valence-electron chi connectivity index (χ1n) is 9.48. The normalized spacial score (nSPS) is 27.7. The summed E-state index contributed by atoms with van der Waals surface area (Å²) in [4.78, 5) is 29.6. The Hall–Kier alpha value is -0.505. The van der Waals surface area contributed by atoms with E-state index in [1.54, 1.807) is 12.5 Å². The number of fused-ring (bicyclic) bond motifs is 4. The molecule has 6 nitrogen and oxygen atoms in total. The number of carbonyl (C=O) groups excluding carboxylic acids is 3. The van der Waals surface area contributed by atoms with Gasteiger partial charge in [-0.3, -0.25) is 4.79 Å². The Morgan fingerprint density at radius 1 is 0.848 bits per heavy atom. The molecular formula is C22H29AlCl3O6Pd-. The van der Waals surface area contributed by atoms with Gasteiger partial charge in [-0.05, 0) is 31.1 Å². The molecular weight excluding hydrogens is 600 g/mol. The first-order valence-corrected chi connectivity index (χ1v) is 14.7. The second-order valence-electron chi connectivity index (χ2n) is 6.53. The molecule has 2 fully saturated rings. The minimum absolute atomic E-state index is 0. The van der Waals surface area contributed by atoms with Gasteiger partial charge in [0.2, 0.25) is 0 Å². The van der Waals surface area contributed by atoms with Gasteiger partial charge in [0, 0.05) is 33.7 Å². The quantitative estimate of drug-likeness (QED) is 0.153. The van der Waals surface area contributed by atoms with Crippen LogP contribution in [0.4, 0.5) is 0 Å². The molecule has 0 saturated carbocycles. The molecule has 0 N–H and O–H groups in total. The van der Waals surface area contributed by atoms with Gasteiger partial charge < -0.3 is 30.9 Å². The molecule has 4 aliphatic heterocycles. The van der Waals surface area contributed by atoms with Crippen molar-refractivity contribution < 1.29 is 50.1 Å². The number of halogens is 3. The summed E-state index contributed by atoms with van der Waals surface area (Å²) in [6, 6.07) is 3.67. The van der Waals surface area contributed by atoms with Gasteiger partial charge in [-0.1, -0.05) is 30.9 Å². The Kier molecular flexibility index (Phi) is 21.9. The van der Waals surface area contributed by atoms with E-state index in [2.05, 4.69) is 11.0 Å². The molecule has 11 heteroatoms. The summed E-state index contributed by atoms with van der Waals surface area (Å²) in [5.41, 5.74) is 0. The summed E-state index contributed by atoms with van der Waals surface area (Å²) in [6.07, 6.45) is 17.6. The molecule has 0 spiro atoms. The second-order valence-corrected chi connectivity index (χ2v) is 13.0. The second kappa shape index (κ2) is 20.8. The summed E-state index contributed by atoms with van der Waals surface area (Å²) in [5, 5.41) is 0. The number of rotatable bonds is 3. The van der Waals surface area contributed by atoms with Gasteiger partial charge in [0.1, 0.15) is 18.9 Å². The van der Waals surface area contributed by atoms with Crippen LogP contribution in [0.5, 0.6) is 0 Å². The molecule has 33 heavy (non-hydrogen) atoms. The van der Waals surface area contributed by atoms with E-state index >= 15 is 0 Å². The molecule has 5 rings (SSSR count). The molecule has 0 radical (unpaired) electrons. The molecule has 1 aromatic rings. The predicted octanol–water partition coefficient (Wildman–Crippen LogP) is 5.09. The number of allylic oxidation sites excluding steroid dienone is 1. The van der Waals surface area contributed by atoms with Crippen LogP contribution < -0.4 is 0 Å². The van der Waals surface area contributed by atoms with Crippen LogP contribution in [0.15, 0.2) is 66.0 Å². The fraction of sp³-hybridized carbons (Fsp3) is 0.364. The maximum Gasteiger partial charge on any atom is 0.643 e. The maximum absolute atomic E-state index is 10.3. The molecule has 188 valence electrons. The Labute approximate surface area is 227 Å². The zero-order chi connectivity index (χ0) is 23.1. The summed E-state index contributed by atoms with van der Waals surface area (Å²) in [6.45, 7) is 3.11. The third kappa shape index (κ3) is 14.5. The van der Waals surface area contributed by atoms with Crippen LogP contribution in [-0.2, 0) is 44.3 Å². The van der Waals surface area contributed by atoms with E-state index in [-0.39, 0.29) is 65.5 Å². The molecule has 2 saturated heterocycles. The first-order chi connectivity index (χ1) is 14.9. The van der Waals surface area contributed by atoms with Gasteiger partial charge in [-0.15, -0.1) is 0 Å². The van der Waals surface area contributed by atoms with Gasteiger partial charge in [0.05, 0.1) is 36.9 Å². The van der Waals surface area contributed by atoms with E-state index in [4.69, 9.17) is 44.4 Å². The van der Waals surface area contributed by atoms with Crippen LogP contribution in [0, 0.1) is 19.3 Å². The smallest absolute Gasteiger partial charge is 0.473 e. The fourth-order valence-electron chi connectivity index (χ4n) is 3.11. The van der Waals surface area contributed by atoms with E-state index in [0.717, 1.165) is 25.4 Å². The van der Waals surface area contributed by atoms with Crippen molar-refractivity contribution in [3.05, 3.63) is 69.0 Å². The molecule has 6 atom stereocenters. The number of carbonyl (C=O) groups is 3. The molecule has 0 amide bonds. The summed E-state index contributed by atoms with van der Waals surface area (Å²) < 4.78 is 15.3. The number of furan rings is 1. The van der Waals surface area contributed by atoms with Crippen molar-refractivity contribution >= 4 is 60.4 Å². The van der Waals surface area contributed by atoms with Crippen molar-refractivity contribution in [3.8, 4) is 0 Å². The Morgan fingerprint density at radius 2 is 1.21 bits per heavy atom. The van der Waals surface area contributed by atoms with Crippen molar-refractivity contribution in [2.45, 2.75) is 37.3 Å². The summed E-state index contributed by atoms with van der Waals surface area (Å²) >= 11 is -1.72. The predicted molar refractivity (Wildman–Crippen MR) is 131 cm³/mol. The van der Waals surface area contributed by atoms with Crippen LogP contribution >= 0.6 is 30.1 Å². The number of hydrogen-bond donors (Lipinski definition) is 0. The molecule has 0 aliphatic carbocycles. The van der Waals surface area contributed by atoms with Crippen LogP contribution in [0.1, 0.15) is 14.3 Å². The fourth-order valence-corrected chi connectivity index (χ4v) is 3.11. The van der Waals surface area contributed by atoms with Crippen molar-refractivity contribution in [2.24, 2.45) is 11.8 Å². The van der Waals surface area contributed by atoms with Crippen LogP contribution in [0.2, 0.25) is 0 Å². The van der Waals surface area contributed by atoms with Gasteiger partial charge in [0.15, 0.2) is 0 Å². The summed E-state index contributed by atoms with van der Waals surface area (Å²) in [5.74, 6) is 0.278. The van der Waals surface area contributed by atoms with Gasteiger partial charge >= 0.3 is 11.4 Å². The van der Waals surface area contributed by atoms with Crippen LogP contribution in [0.25, 0.3) is 0 Å². The Balaban J connectivity index is -0.000000363. The molecule has 4 bridgehead atoms. The number of aldehydes is 3. The monoisotopic (exact) mass is 627 g/mol. The van der Waals surface area contributed by atoms with Crippen molar-refractivity contribution in [2.75, 3.05) is 0 Å². The van der Waals surface area contributed by atoms with Gasteiger partial charge in [-0.25, -0.2) is 30.1 Å². The summed E-state index contributed by atoms with van der Waals surface area (Å²) in [7, 11) is 14.8. The molecule has 0 aromatic carbocycles. The maximum atomic E-state index is 10.3. The number of hydrogen-bond acceptors (Lipinski definition) is 6. The number of ether oxygens (including phenoxy) is 2. The zero-order valence-corrected chi connectivity index (χ0v) is 23.0. The van der Waals surface area contributed by atoms with Crippen molar-refractivity contribution in [1.82, 2.24) is 0 Å². The molecule has 4 aliphatic rings. The van der Waals surface area contributed by atoms with Crippen LogP contribution in [0.3, 0.4) is 0 Å².